The Morgan fingerprint density at radius 1 is 1.10 bits per heavy atom. The molecule has 30 heavy (non-hydrogen) atoms. The van der Waals surface area contributed by atoms with Gasteiger partial charge in [0.15, 0.2) is 0 Å². The Morgan fingerprint density at radius 2 is 1.73 bits per heavy atom. The number of sulfonamides is 1. The van der Waals surface area contributed by atoms with Gasteiger partial charge in [0.2, 0.25) is 15.9 Å². The minimum atomic E-state index is -3.76. The number of amides is 1. The number of hydrogen-bond acceptors (Lipinski definition) is 6. The first-order valence-electron chi connectivity index (χ1n) is 9.25. The number of carbonyl (C=O) groups excluding carboxylic acids is 2. The van der Waals surface area contributed by atoms with Gasteiger partial charge in [-0.1, -0.05) is 13.0 Å². The van der Waals surface area contributed by atoms with Crippen molar-refractivity contribution in [3.05, 3.63) is 53.6 Å². The van der Waals surface area contributed by atoms with Crippen molar-refractivity contribution in [2.75, 3.05) is 30.1 Å². The fraction of sp³-hybridized carbons (Fsp3) is 0.333. The molecule has 0 unspecified atom stereocenters. The molecule has 2 aromatic carbocycles. The molecule has 0 radical (unpaired) electrons. The second-order valence-corrected chi connectivity index (χ2v) is 8.55. The standard InChI is InChI=1S/C21H26N2O6S/c1-6-19(23(30(5,26)27)16-9-11-17(28-3)12-10-16)20(24)22-18-13-15(21(25)29-4)8-7-14(18)2/h7-13,19H,6H2,1-5H3,(H,22,24)/t19-/m1/s1. The number of esters is 1. The largest absolute Gasteiger partial charge is 0.497 e. The van der Waals surface area contributed by atoms with E-state index in [1.54, 1.807) is 50.2 Å². The number of nitrogens with zero attached hydrogens (tertiary/aromatic N) is 1. The molecule has 0 saturated carbocycles. The summed E-state index contributed by atoms with van der Waals surface area (Å²) in [6, 6.07) is 10.2. The number of nitrogens with one attached hydrogen (secondary N) is 1. The maximum atomic E-state index is 13.1. The normalized spacial score (nSPS) is 12.0. The molecule has 0 aliphatic carbocycles. The lowest BCUT2D eigenvalue weighted by molar-refractivity contribution is -0.117. The van der Waals surface area contributed by atoms with Crippen LogP contribution in [-0.2, 0) is 19.6 Å². The fourth-order valence-corrected chi connectivity index (χ4v) is 4.22. The van der Waals surface area contributed by atoms with E-state index in [2.05, 4.69) is 5.32 Å². The monoisotopic (exact) mass is 434 g/mol. The molecule has 1 amide bonds. The summed E-state index contributed by atoms with van der Waals surface area (Å²) < 4.78 is 36.0. The Morgan fingerprint density at radius 3 is 2.23 bits per heavy atom. The summed E-state index contributed by atoms with van der Waals surface area (Å²) in [5, 5.41) is 2.75. The molecule has 0 aliphatic rings. The summed E-state index contributed by atoms with van der Waals surface area (Å²) in [4.78, 5) is 24.9. The second kappa shape index (κ2) is 9.62. The van der Waals surface area contributed by atoms with Crippen LogP contribution in [0, 0.1) is 6.92 Å². The number of benzene rings is 2. The van der Waals surface area contributed by atoms with Gasteiger partial charge in [-0.15, -0.1) is 0 Å². The zero-order valence-corrected chi connectivity index (χ0v) is 18.4. The van der Waals surface area contributed by atoms with Crippen molar-refractivity contribution >= 4 is 33.3 Å². The summed E-state index contributed by atoms with van der Waals surface area (Å²) in [7, 11) is -0.984. The summed E-state index contributed by atoms with van der Waals surface area (Å²) in [5.41, 5.74) is 1.76. The topological polar surface area (TPSA) is 102 Å². The quantitative estimate of drug-likeness (QED) is 0.641. The van der Waals surface area contributed by atoms with Crippen molar-refractivity contribution < 1.29 is 27.5 Å². The first-order valence-corrected chi connectivity index (χ1v) is 11.1. The molecule has 8 nitrogen and oxygen atoms in total. The molecule has 2 rings (SSSR count). The fourth-order valence-electron chi connectivity index (χ4n) is 3.01. The molecule has 0 saturated heterocycles. The van der Waals surface area contributed by atoms with Crippen LogP contribution < -0.4 is 14.4 Å². The molecular weight excluding hydrogens is 408 g/mol. The van der Waals surface area contributed by atoms with Gasteiger partial charge in [0, 0.05) is 5.69 Å². The van der Waals surface area contributed by atoms with Gasteiger partial charge in [0.1, 0.15) is 11.8 Å². The molecular formula is C21H26N2O6S. The van der Waals surface area contributed by atoms with E-state index in [0.29, 0.717) is 17.1 Å². The number of rotatable bonds is 8. The van der Waals surface area contributed by atoms with Gasteiger partial charge in [0.25, 0.3) is 0 Å². The maximum Gasteiger partial charge on any atom is 0.337 e. The first-order chi connectivity index (χ1) is 14.1. The lowest BCUT2D eigenvalue weighted by Gasteiger charge is -2.30. The van der Waals surface area contributed by atoms with Crippen LogP contribution in [0.25, 0.3) is 0 Å². The van der Waals surface area contributed by atoms with E-state index in [1.807, 2.05) is 0 Å². The van der Waals surface area contributed by atoms with E-state index in [4.69, 9.17) is 9.47 Å². The minimum Gasteiger partial charge on any atom is -0.497 e. The Balaban J connectivity index is 2.40. The van der Waals surface area contributed by atoms with Crippen molar-refractivity contribution in [1.29, 1.82) is 0 Å². The Hall–Kier alpha value is -3.07. The summed E-state index contributed by atoms with van der Waals surface area (Å²) >= 11 is 0. The summed E-state index contributed by atoms with van der Waals surface area (Å²) in [6.45, 7) is 3.50. The van der Waals surface area contributed by atoms with E-state index in [0.717, 1.165) is 16.1 Å². The van der Waals surface area contributed by atoms with Crippen molar-refractivity contribution in [2.45, 2.75) is 26.3 Å². The van der Waals surface area contributed by atoms with Crippen LogP contribution in [-0.4, -0.2) is 46.8 Å². The van der Waals surface area contributed by atoms with Crippen LogP contribution >= 0.6 is 0 Å². The van der Waals surface area contributed by atoms with E-state index in [-0.39, 0.29) is 12.0 Å². The molecule has 0 heterocycles. The van der Waals surface area contributed by atoms with Gasteiger partial charge in [-0.25, -0.2) is 13.2 Å². The highest BCUT2D eigenvalue weighted by atomic mass is 32.2. The molecule has 2 aromatic rings. The number of carbonyl (C=O) groups is 2. The predicted octanol–water partition coefficient (Wildman–Crippen LogP) is 2.97. The Labute approximate surface area is 176 Å². The Kier molecular flexibility index (Phi) is 7.44. The highest BCUT2D eigenvalue weighted by molar-refractivity contribution is 7.92. The van der Waals surface area contributed by atoms with Gasteiger partial charge in [-0.3, -0.25) is 9.10 Å². The van der Waals surface area contributed by atoms with Gasteiger partial charge >= 0.3 is 5.97 Å². The SMILES string of the molecule is CC[C@H](C(=O)Nc1cc(C(=O)OC)ccc1C)N(c1ccc(OC)cc1)S(C)(=O)=O. The van der Waals surface area contributed by atoms with E-state index < -0.39 is 27.9 Å². The van der Waals surface area contributed by atoms with Crippen LogP contribution in [0.3, 0.4) is 0 Å². The van der Waals surface area contributed by atoms with E-state index >= 15 is 0 Å². The maximum absolute atomic E-state index is 13.1. The van der Waals surface area contributed by atoms with Crippen LogP contribution in [0.2, 0.25) is 0 Å². The first kappa shape index (κ1) is 23.2. The number of hydrogen-bond donors (Lipinski definition) is 1. The van der Waals surface area contributed by atoms with E-state index in [9.17, 15) is 18.0 Å². The summed E-state index contributed by atoms with van der Waals surface area (Å²) in [6.07, 6.45) is 1.29. The van der Waals surface area contributed by atoms with Crippen molar-refractivity contribution in [2.24, 2.45) is 0 Å². The zero-order chi connectivity index (χ0) is 22.5. The third-order valence-corrected chi connectivity index (χ3v) is 5.75. The molecule has 0 aliphatic heterocycles. The molecule has 0 fully saturated rings. The third-order valence-electron chi connectivity index (χ3n) is 4.57. The number of methoxy groups -OCH3 is 2. The minimum absolute atomic E-state index is 0.237. The lowest BCUT2D eigenvalue weighted by Crippen LogP contribution is -2.47. The van der Waals surface area contributed by atoms with Gasteiger partial charge < -0.3 is 14.8 Å². The molecule has 1 N–H and O–H groups in total. The van der Waals surface area contributed by atoms with Crippen LogP contribution in [0.15, 0.2) is 42.5 Å². The highest BCUT2D eigenvalue weighted by Gasteiger charge is 2.31. The lowest BCUT2D eigenvalue weighted by atomic mass is 10.1. The van der Waals surface area contributed by atoms with Gasteiger partial charge in [-0.05, 0) is 55.3 Å². The molecule has 0 aromatic heterocycles. The molecule has 9 heteroatoms. The number of aryl methyl sites for hydroxylation is 1. The van der Waals surface area contributed by atoms with E-state index in [1.165, 1.54) is 20.3 Å². The van der Waals surface area contributed by atoms with Crippen molar-refractivity contribution in [1.82, 2.24) is 0 Å². The molecule has 1 atom stereocenters. The number of ether oxygens (including phenoxy) is 2. The van der Waals surface area contributed by atoms with Crippen molar-refractivity contribution in [3.63, 3.8) is 0 Å². The molecule has 0 spiro atoms. The van der Waals surface area contributed by atoms with Gasteiger partial charge in [-0.2, -0.15) is 0 Å². The third kappa shape index (κ3) is 5.29. The van der Waals surface area contributed by atoms with Crippen LogP contribution in [0.4, 0.5) is 11.4 Å². The van der Waals surface area contributed by atoms with Gasteiger partial charge in [0.05, 0.1) is 31.7 Å². The predicted molar refractivity (Wildman–Crippen MR) is 116 cm³/mol. The summed E-state index contributed by atoms with van der Waals surface area (Å²) in [5.74, 6) is -0.475. The molecule has 162 valence electrons. The Bertz CT molecular complexity index is 1020. The average Bonchev–Trinajstić information content (AvgIpc) is 2.72. The molecule has 0 bridgehead atoms. The number of anilines is 2. The average molecular weight is 435 g/mol. The zero-order valence-electron chi connectivity index (χ0n) is 17.6. The van der Waals surface area contributed by atoms with Crippen LogP contribution in [0.5, 0.6) is 5.75 Å². The second-order valence-electron chi connectivity index (χ2n) is 6.69. The smallest absolute Gasteiger partial charge is 0.337 e. The van der Waals surface area contributed by atoms with Crippen LogP contribution in [0.1, 0.15) is 29.3 Å². The highest BCUT2D eigenvalue weighted by Crippen LogP contribution is 2.26. The van der Waals surface area contributed by atoms with Crippen molar-refractivity contribution in [3.8, 4) is 5.75 Å².